The third-order valence-corrected chi connectivity index (χ3v) is 3.82. The number of hydrogen-bond donors (Lipinski definition) is 1. The van der Waals surface area contributed by atoms with Crippen LogP contribution in [-0.2, 0) is 4.79 Å². The lowest BCUT2D eigenvalue weighted by molar-refractivity contribution is -0.153. The molecule has 4 heteroatoms. The van der Waals surface area contributed by atoms with Crippen LogP contribution in [0.25, 0.3) is 0 Å². The van der Waals surface area contributed by atoms with Crippen LogP contribution in [-0.4, -0.2) is 58.6 Å². The van der Waals surface area contributed by atoms with E-state index in [0.29, 0.717) is 6.04 Å². The van der Waals surface area contributed by atoms with Gasteiger partial charge in [0.15, 0.2) is 0 Å². The highest BCUT2D eigenvalue weighted by Gasteiger charge is 2.43. The summed E-state index contributed by atoms with van der Waals surface area (Å²) in [5, 5.41) is 9.38. The van der Waals surface area contributed by atoms with Gasteiger partial charge in [0.25, 0.3) is 0 Å². The molecular weight excluding hydrogens is 204 g/mol. The van der Waals surface area contributed by atoms with E-state index in [1.807, 2.05) is 7.05 Å². The molecule has 0 saturated carbocycles. The molecule has 2 atom stereocenters. The number of nitrogens with zero attached hydrogens (tertiary/aromatic N) is 2. The van der Waals surface area contributed by atoms with E-state index in [9.17, 15) is 9.90 Å². The molecule has 94 valence electrons. The Hall–Kier alpha value is -0.610. The van der Waals surface area contributed by atoms with Crippen molar-refractivity contribution in [2.24, 2.45) is 0 Å². The fourth-order valence-corrected chi connectivity index (χ4v) is 2.21. The highest BCUT2D eigenvalue weighted by Crippen LogP contribution is 2.26. The molecule has 1 fully saturated rings. The largest absolute Gasteiger partial charge is 0.394 e. The Labute approximate surface area is 98.2 Å². The summed E-state index contributed by atoms with van der Waals surface area (Å²) in [6, 6.07) is -0.0398. The van der Waals surface area contributed by atoms with Crippen molar-refractivity contribution < 1.29 is 9.90 Å². The lowest BCUT2D eigenvalue weighted by atomic mass is 9.94. The molecule has 1 saturated heterocycles. The molecule has 1 rings (SSSR count). The number of rotatable bonds is 3. The molecule has 1 aliphatic rings. The smallest absolute Gasteiger partial charge is 0.242 e. The van der Waals surface area contributed by atoms with E-state index in [0.717, 1.165) is 13.0 Å². The molecule has 1 amide bonds. The average Bonchev–Trinajstić information content (AvgIpc) is 2.24. The zero-order valence-corrected chi connectivity index (χ0v) is 11.0. The summed E-state index contributed by atoms with van der Waals surface area (Å²) >= 11 is 0. The first-order valence-electron chi connectivity index (χ1n) is 5.99. The Kier molecular flexibility index (Phi) is 3.97. The zero-order valence-electron chi connectivity index (χ0n) is 11.0. The first-order chi connectivity index (χ1) is 7.35. The van der Waals surface area contributed by atoms with E-state index in [1.54, 1.807) is 4.90 Å². The van der Waals surface area contributed by atoms with Crippen LogP contribution < -0.4 is 0 Å². The van der Waals surface area contributed by atoms with Gasteiger partial charge in [-0.25, -0.2) is 0 Å². The zero-order chi connectivity index (χ0) is 12.5. The van der Waals surface area contributed by atoms with Gasteiger partial charge in [0.05, 0.1) is 6.61 Å². The fraction of sp³-hybridized carbons (Fsp3) is 0.917. The van der Waals surface area contributed by atoms with Crippen molar-refractivity contribution in [1.29, 1.82) is 0 Å². The quantitative estimate of drug-likeness (QED) is 0.773. The number of piperazine rings is 1. The lowest BCUT2D eigenvalue weighted by Crippen LogP contribution is -2.67. The van der Waals surface area contributed by atoms with E-state index in [-0.39, 0.29) is 24.1 Å². The Morgan fingerprint density at radius 3 is 2.56 bits per heavy atom. The van der Waals surface area contributed by atoms with Gasteiger partial charge in [0.1, 0.15) is 6.04 Å². The second-order valence-corrected chi connectivity index (χ2v) is 5.34. The Morgan fingerprint density at radius 2 is 2.12 bits per heavy atom. The first kappa shape index (κ1) is 13.5. The Balaban J connectivity index is 2.95. The molecule has 0 aromatic carbocycles. The molecule has 1 N–H and O–H groups in total. The molecular formula is C12H24N2O2. The minimum Gasteiger partial charge on any atom is -0.394 e. The summed E-state index contributed by atoms with van der Waals surface area (Å²) in [6.45, 7) is 9.06. The van der Waals surface area contributed by atoms with E-state index >= 15 is 0 Å². The normalized spacial score (nSPS) is 28.2. The van der Waals surface area contributed by atoms with Crippen molar-refractivity contribution in [2.45, 2.75) is 51.7 Å². The van der Waals surface area contributed by atoms with E-state index in [2.05, 4.69) is 32.6 Å². The monoisotopic (exact) mass is 228 g/mol. The van der Waals surface area contributed by atoms with Gasteiger partial charge < -0.3 is 10.0 Å². The molecule has 0 aliphatic carbocycles. The van der Waals surface area contributed by atoms with Gasteiger partial charge in [-0.15, -0.1) is 0 Å². The molecule has 0 bridgehead atoms. The highest BCUT2D eigenvalue weighted by atomic mass is 16.3. The van der Waals surface area contributed by atoms with Crippen LogP contribution in [0.2, 0.25) is 0 Å². The van der Waals surface area contributed by atoms with Crippen LogP contribution in [0, 0.1) is 0 Å². The van der Waals surface area contributed by atoms with Crippen LogP contribution in [0.1, 0.15) is 34.1 Å². The Morgan fingerprint density at radius 1 is 1.56 bits per heavy atom. The molecule has 4 nitrogen and oxygen atoms in total. The minimum absolute atomic E-state index is 0.0269. The molecule has 0 aromatic heterocycles. The van der Waals surface area contributed by atoms with Crippen molar-refractivity contribution in [3.63, 3.8) is 0 Å². The predicted octanol–water partition coefficient (Wildman–Crippen LogP) is 0.698. The predicted molar refractivity (Wildman–Crippen MR) is 64.2 cm³/mol. The summed E-state index contributed by atoms with van der Waals surface area (Å²) < 4.78 is 0. The standard InChI is InChI=1S/C12H24N2O2/c1-6-9(2)14-8-12(3,4)13(5)11(16)10(14)7-15/h9-10,15H,6-8H2,1-5H3. The molecule has 0 spiro atoms. The van der Waals surface area contributed by atoms with Crippen LogP contribution in [0.5, 0.6) is 0 Å². The van der Waals surface area contributed by atoms with E-state index in [1.165, 1.54) is 0 Å². The topological polar surface area (TPSA) is 43.8 Å². The van der Waals surface area contributed by atoms with Crippen LogP contribution in [0.3, 0.4) is 0 Å². The number of aliphatic hydroxyl groups excluding tert-OH is 1. The fourth-order valence-electron chi connectivity index (χ4n) is 2.21. The summed E-state index contributed by atoms with van der Waals surface area (Å²) in [5.74, 6) is 0.0269. The van der Waals surface area contributed by atoms with E-state index < -0.39 is 0 Å². The maximum Gasteiger partial charge on any atom is 0.242 e. The van der Waals surface area contributed by atoms with Gasteiger partial charge in [-0.3, -0.25) is 9.69 Å². The third kappa shape index (κ3) is 2.23. The number of carbonyl (C=O) groups excluding carboxylic acids is 1. The lowest BCUT2D eigenvalue weighted by Gasteiger charge is -2.50. The van der Waals surface area contributed by atoms with Gasteiger partial charge in [0.2, 0.25) is 5.91 Å². The molecule has 1 aliphatic heterocycles. The molecule has 16 heavy (non-hydrogen) atoms. The van der Waals surface area contributed by atoms with Crippen molar-refractivity contribution >= 4 is 5.91 Å². The number of amides is 1. The van der Waals surface area contributed by atoms with Crippen molar-refractivity contribution in [2.75, 3.05) is 20.2 Å². The van der Waals surface area contributed by atoms with Gasteiger partial charge in [-0.2, -0.15) is 0 Å². The van der Waals surface area contributed by atoms with Gasteiger partial charge >= 0.3 is 0 Å². The maximum absolute atomic E-state index is 12.1. The van der Waals surface area contributed by atoms with Crippen LogP contribution >= 0.6 is 0 Å². The van der Waals surface area contributed by atoms with Gasteiger partial charge in [-0.05, 0) is 27.2 Å². The first-order valence-corrected chi connectivity index (χ1v) is 5.99. The molecule has 0 aromatic rings. The summed E-state index contributed by atoms with van der Waals surface area (Å²) in [4.78, 5) is 16.0. The second-order valence-electron chi connectivity index (χ2n) is 5.34. The van der Waals surface area contributed by atoms with Crippen LogP contribution in [0.15, 0.2) is 0 Å². The number of aliphatic hydroxyl groups is 1. The van der Waals surface area contributed by atoms with Crippen LogP contribution in [0.4, 0.5) is 0 Å². The minimum atomic E-state index is -0.368. The average molecular weight is 228 g/mol. The van der Waals surface area contributed by atoms with Crippen molar-refractivity contribution in [3.8, 4) is 0 Å². The Bertz CT molecular complexity index is 266. The van der Waals surface area contributed by atoms with E-state index in [4.69, 9.17) is 0 Å². The SMILES string of the molecule is CCC(C)N1CC(C)(C)N(C)C(=O)C1CO. The maximum atomic E-state index is 12.1. The number of likely N-dealkylation sites (N-methyl/N-ethyl adjacent to an activating group) is 1. The summed E-state index contributed by atoms with van der Waals surface area (Å²) in [7, 11) is 1.82. The number of carbonyl (C=O) groups is 1. The molecule has 0 radical (unpaired) electrons. The van der Waals surface area contributed by atoms with Gasteiger partial charge in [-0.1, -0.05) is 6.92 Å². The summed E-state index contributed by atoms with van der Waals surface area (Å²) in [6.07, 6.45) is 0.990. The van der Waals surface area contributed by atoms with Crippen molar-refractivity contribution in [3.05, 3.63) is 0 Å². The van der Waals surface area contributed by atoms with Crippen molar-refractivity contribution in [1.82, 2.24) is 9.80 Å². The number of hydrogen-bond acceptors (Lipinski definition) is 3. The highest BCUT2D eigenvalue weighted by molar-refractivity contribution is 5.83. The van der Waals surface area contributed by atoms with Gasteiger partial charge in [0, 0.05) is 25.2 Å². The molecule has 2 unspecified atom stereocenters. The third-order valence-electron chi connectivity index (χ3n) is 3.82. The molecule has 1 heterocycles. The second kappa shape index (κ2) is 4.72. The summed E-state index contributed by atoms with van der Waals surface area (Å²) in [5.41, 5.74) is -0.161.